The largest absolute Gasteiger partial charge is 0.332 e. The van der Waals surface area contributed by atoms with Gasteiger partial charge < -0.3 is 4.57 Å². The van der Waals surface area contributed by atoms with Crippen LogP contribution in [0, 0.1) is 6.92 Å². The minimum atomic E-state index is 0.576. The molecule has 1 aliphatic heterocycles. The van der Waals surface area contributed by atoms with Gasteiger partial charge in [-0.1, -0.05) is 6.92 Å². The summed E-state index contributed by atoms with van der Waals surface area (Å²) in [5.41, 5.74) is 2.64. The van der Waals surface area contributed by atoms with Crippen LogP contribution in [0.25, 0.3) is 0 Å². The Morgan fingerprint density at radius 1 is 1.29 bits per heavy atom. The number of nitrogens with zero attached hydrogens (tertiary/aromatic N) is 4. The summed E-state index contributed by atoms with van der Waals surface area (Å²) in [5, 5.41) is 0. The van der Waals surface area contributed by atoms with E-state index >= 15 is 0 Å². The Balaban J connectivity index is 1.67. The summed E-state index contributed by atoms with van der Waals surface area (Å²) in [5.74, 6) is 1.86. The third-order valence-electron chi connectivity index (χ3n) is 4.33. The first-order valence-electron chi connectivity index (χ1n) is 7.91. The van der Waals surface area contributed by atoms with E-state index in [0.717, 1.165) is 32.6 Å². The van der Waals surface area contributed by atoms with Crippen LogP contribution in [-0.2, 0) is 13.1 Å². The molecule has 3 heterocycles. The number of hydrogen-bond donors (Lipinski definition) is 0. The lowest BCUT2D eigenvalue weighted by atomic mass is 10.1. The molecule has 0 radical (unpaired) electrons. The summed E-state index contributed by atoms with van der Waals surface area (Å²) < 4.78 is 2.40. The Morgan fingerprint density at radius 3 is 2.86 bits per heavy atom. The second-order valence-corrected chi connectivity index (χ2v) is 5.99. The molecule has 0 N–H and O–H groups in total. The lowest BCUT2D eigenvalue weighted by Crippen LogP contribution is -2.20. The highest BCUT2D eigenvalue weighted by atomic mass is 15.2. The second kappa shape index (κ2) is 6.39. The highest BCUT2D eigenvalue weighted by Crippen LogP contribution is 2.28. The van der Waals surface area contributed by atoms with Crippen molar-refractivity contribution in [3.63, 3.8) is 0 Å². The molecule has 112 valence electrons. The van der Waals surface area contributed by atoms with Gasteiger partial charge in [0.25, 0.3) is 0 Å². The van der Waals surface area contributed by atoms with Crippen LogP contribution in [-0.4, -0.2) is 32.5 Å². The number of hydrogen-bond acceptors (Lipinski definition) is 3. The Labute approximate surface area is 126 Å². The quantitative estimate of drug-likeness (QED) is 0.846. The Morgan fingerprint density at radius 2 is 2.10 bits per heavy atom. The topological polar surface area (TPSA) is 34.0 Å². The first kappa shape index (κ1) is 14.3. The summed E-state index contributed by atoms with van der Waals surface area (Å²) in [6.45, 7) is 8.77. The van der Waals surface area contributed by atoms with Crippen molar-refractivity contribution in [1.29, 1.82) is 0 Å². The van der Waals surface area contributed by atoms with E-state index < -0.39 is 0 Å². The summed E-state index contributed by atoms with van der Waals surface area (Å²) in [4.78, 5) is 11.3. The number of rotatable bonds is 5. The average Bonchev–Trinajstić information content (AvgIpc) is 3.09. The molecule has 0 bridgehead atoms. The minimum absolute atomic E-state index is 0.576. The fraction of sp³-hybridized carbons (Fsp3) is 0.529. The van der Waals surface area contributed by atoms with E-state index in [4.69, 9.17) is 0 Å². The number of aryl methyl sites for hydroxylation is 1. The molecule has 1 fully saturated rings. The van der Waals surface area contributed by atoms with Gasteiger partial charge >= 0.3 is 0 Å². The van der Waals surface area contributed by atoms with Gasteiger partial charge in [-0.2, -0.15) is 0 Å². The molecule has 4 nitrogen and oxygen atoms in total. The maximum Gasteiger partial charge on any atom is 0.113 e. The molecule has 2 aromatic heterocycles. The number of aromatic nitrogens is 3. The molecule has 0 saturated carbocycles. The molecule has 21 heavy (non-hydrogen) atoms. The van der Waals surface area contributed by atoms with E-state index in [-0.39, 0.29) is 0 Å². The third kappa shape index (κ3) is 3.16. The van der Waals surface area contributed by atoms with Crippen molar-refractivity contribution < 1.29 is 0 Å². The van der Waals surface area contributed by atoms with Gasteiger partial charge in [0.05, 0.1) is 0 Å². The standard InChI is InChI=1S/C17H24N4/c1-3-9-21-14(2)11-19-17(21)16-6-10-20(13-16)12-15-4-7-18-8-5-15/h4-5,7-8,11,16H,3,6,9-10,12-13H2,1-2H3. The molecule has 0 spiro atoms. The van der Waals surface area contributed by atoms with Gasteiger partial charge in [-0.25, -0.2) is 4.98 Å². The van der Waals surface area contributed by atoms with E-state index in [9.17, 15) is 0 Å². The van der Waals surface area contributed by atoms with Gasteiger partial charge in [-0.15, -0.1) is 0 Å². The number of pyridine rings is 1. The monoisotopic (exact) mass is 284 g/mol. The van der Waals surface area contributed by atoms with Crippen LogP contribution in [0.15, 0.2) is 30.7 Å². The van der Waals surface area contributed by atoms with Crippen molar-refractivity contribution in [2.45, 2.75) is 45.7 Å². The maximum atomic E-state index is 4.68. The molecule has 0 amide bonds. The van der Waals surface area contributed by atoms with E-state index in [0.29, 0.717) is 5.92 Å². The van der Waals surface area contributed by atoms with Crippen molar-refractivity contribution >= 4 is 0 Å². The van der Waals surface area contributed by atoms with E-state index in [1.807, 2.05) is 18.6 Å². The molecule has 2 aromatic rings. The first-order chi connectivity index (χ1) is 10.3. The Kier molecular flexibility index (Phi) is 4.34. The molecule has 0 aromatic carbocycles. The van der Waals surface area contributed by atoms with Crippen LogP contribution in [0.3, 0.4) is 0 Å². The highest BCUT2D eigenvalue weighted by molar-refractivity contribution is 5.13. The van der Waals surface area contributed by atoms with Crippen molar-refractivity contribution in [1.82, 2.24) is 19.4 Å². The zero-order chi connectivity index (χ0) is 14.7. The molecule has 1 saturated heterocycles. The smallest absolute Gasteiger partial charge is 0.113 e. The van der Waals surface area contributed by atoms with Crippen LogP contribution in [0.1, 0.15) is 42.8 Å². The first-order valence-corrected chi connectivity index (χ1v) is 7.91. The van der Waals surface area contributed by atoms with Crippen LogP contribution in [0.4, 0.5) is 0 Å². The summed E-state index contributed by atoms with van der Waals surface area (Å²) >= 11 is 0. The van der Waals surface area contributed by atoms with Crippen molar-refractivity contribution in [3.05, 3.63) is 47.8 Å². The summed E-state index contributed by atoms with van der Waals surface area (Å²) in [6.07, 6.45) is 8.15. The Hall–Kier alpha value is -1.68. The minimum Gasteiger partial charge on any atom is -0.332 e. The van der Waals surface area contributed by atoms with Crippen molar-refractivity contribution in [2.75, 3.05) is 13.1 Å². The predicted octanol–water partition coefficient (Wildman–Crippen LogP) is 2.99. The fourth-order valence-corrected chi connectivity index (χ4v) is 3.25. The van der Waals surface area contributed by atoms with Gasteiger partial charge in [-0.3, -0.25) is 9.88 Å². The molecule has 1 unspecified atom stereocenters. The summed E-state index contributed by atoms with van der Waals surface area (Å²) in [7, 11) is 0. The van der Waals surface area contributed by atoms with Crippen molar-refractivity contribution in [3.8, 4) is 0 Å². The van der Waals surface area contributed by atoms with Gasteiger partial charge in [0, 0.05) is 49.8 Å². The van der Waals surface area contributed by atoms with E-state index in [1.54, 1.807) is 0 Å². The lowest BCUT2D eigenvalue weighted by molar-refractivity contribution is 0.324. The van der Waals surface area contributed by atoms with Crippen molar-refractivity contribution in [2.24, 2.45) is 0 Å². The van der Waals surface area contributed by atoms with E-state index in [1.165, 1.54) is 23.5 Å². The molecule has 1 aliphatic rings. The molecule has 0 aliphatic carbocycles. The fourth-order valence-electron chi connectivity index (χ4n) is 3.25. The van der Waals surface area contributed by atoms with Crippen LogP contribution in [0.2, 0.25) is 0 Å². The van der Waals surface area contributed by atoms with Crippen LogP contribution >= 0.6 is 0 Å². The Bertz CT molecular complexity index is 576. The average molecular weight is 284 g/mol. The maximum absolute atomic E-state index is 4.68. The summed E-state index contributed by atoms with van der Waals surface area (Å²) in [6, 6.07) is 4.21. The van der Waals surface area contributed by atoms with Gasteiger partial charge in [0.1, 0.15) is 5.82 Å². The van der Waals surface area contributed by atoms with Gasteiger partial charge in [0.15, 0.2) is 0 Å². The van der Waals surface area contributed by atoms with Crippen LogP contribution < -0.4 is 0 Å². The zero-order valence-electron chi connectivity index (χ0n) is 13.0. The highest BCUT2D eigenvalue weighted by Gasteiger charge is 2.27. The lowest BCUT2D eigenvalue weighted by Gasteiger charge is -2.17. The number of likely N-dealkylation sites (tertiary alicyclic amines) is 1. The second-order valence-electron chi connectivity index (χ2n) is 5.99. The molecule has 1 atom stereocenters. The van der Waals surface area contributed by atoms with E-state index in [2.05, 4.69) is 45.4 Å². The predicted molar refractivity (Wildman–Crippen MR) is 84.1 cm³/mol. The zero-order valence-corrected chi connectivity index (χ0v) is 13.0. The number of imidazole rings is 1. The SMILES string of the molecule is CCCn1c(C)cnc1C1CCN(Cc2ccncc2)C1. The van der Waals surface area contributed by atoms with Gasteiger partial charge in [-0.05, 0) is 44.0 Å². The molecule has 3 rings (SSSR count). The van der Waals surface area contributed by atoms with Crippen LogP contribution in [0.5, 0.6) is 0 Å². The molecular formula is C17H24N4. The molecular weight excluding hydrogens is 260 g/mol. The third-order valence-corrected chi connectivity index (χ3v) is 4.33. The normalized spacial score (nSPS) is 19.2. The molecule has 4 heteroatoms. The van der Waals surface area contributed by atoms with Gasteiger partial charge in [0.2, 0.25) is 0 Å².